The highest BCUT2D eigenvalue weighted by atomic mass is 16.3. The highest BCUT2D eigenvalue weighted by molar-refractivity contribution is 6.21. The van der Waals surface area contributed by atoms with Crippen LogP contribution in [-0.2, 0) is 0 Å². The van der Waals surface area contributed by atoms with Gasteiger partial charge in [-0.15, -0.1) is 0 Å². The normalized spacial score (nSPS) is 11.8. The SMILES string of the molecule is c1ccc(-c2nc(-c3ccc4ccccc4c3)nc(-c3cccc4oc5c(-c6ccccc6)ccc(-n6c7ccccc7c7cc8ccccc8cc76)c5c34)n2)cc1. The van der Waals surface area contributed by atoms with Gasteiger partial charge in [0.15, 0.2) is 17.5 Å². The number of aromatic nitrogens is 4. The summed E-state index contributed by atoms with van der Waals surface area (Å²) in [6.07, 6.45) is 0. The van der Waals surface area contributed by atoms with Crippen LogP contribution in [0, 0.1) is 0 Å². The largest absolute Gasteiger partial charge is 0.455 e. The van der Waals surface area contributed by atoms with E-state index in [-0.39, 0.29) is 0 Å². The minimum Gasteiger partial charge on any atom is -0.455 e. The van der Waals surface area contributed by atoms with Crippen molar-refractivity contribution in [1.29, 1.82) is 0 Å². The molecule has 0 amide bonds. The highest BCUT2D eigenvalue weighted by Crippen LogP contribution is 2.45. The van der Waals surface area contributed by atoms with Gasteiger partial charge in [0, 0.05) is 38.4 Å². The van der Waals surface area contributed by atoms with Gasteiger partial charge in [-0.25, -0.2) is 15.0 Å². The first-order chi connectivity index (χ1) is 28.7. The van der Waals surface area contributed by atoms with Crippen molar-refractivity contribution in [3.63, 3.8) is 0 Å². The fraction of sp³-hybridized carbons (Fsp3) is 0. The third kappa shape index (κ3) is 5.07. The predicted molar refractivity (Wildman–Crippen MR) is 238 cm³/mol. The molecule has 0 N–H and O–H groups in total. The first-order valence-corrected chi connectivity index (χ1v) is 19.5. The Morgan fingerprint density at radius 3 is 1.79 bits per heavy atom. The molecule has 0 saturated carbocycles. The third-order valence-corrected chi connectivity index (χ3v) is 11.4. The Kier molecular flexibility index (Phi) is 7.16. The van der Waals surface area contributed by atoms with Gasteiger partial charge in [-0.1, -0.05) is 152 Å². The van der Waals surface area contributed by atoms with Gasteiger partial charge in [0.1, 0.15) is 11.2 Å². The topological polar surface area (TPSA) is 56.7 Å². The van der Waals surface area contributed by atoms with Crippen LogP contribution in [0.3, 0.4) is 0 Å². The standard InChI is InChI=1S/C53H32N4O/c1-3-15-34(16-4-1)40-28-29-45(57-44-24-12-11-22-41(44)43-31-37-20-9-10-21-38(37)32-46(43)57)49-48-42(23-13-25-47(48)58-50(40)49)53-55-51(35-17-5-2-6-18-35)54-52(56-53)39-27-26-33-14-7-8-19-36(33)30-39/h1-32H. The summed E-state index contributed by atoms with van der Waals surface area (Å²) >= 11 is 0. The molecular weight excluding hydrogens is 709 g/mol. The quantitative estimate of drug-likeness (QED) is 0.176. The molecule has 12 aromatic rings. The Morgan fingerprint density at radius 1 is 0.362 bits per heavy atom. The zero-order valence-electron chi connectivity index (χ0n) is 31.2. The number of furan rings is 1. The average molecular weight is 741 g/mol. The Labute approximate surface area is 333 Å². The lowest BCUT2D eigenvalue weighted by Gasteiger charge is -2.13. The molecule has 0 unspecified atom stereocenters. The molecule has 0 spiro atoms. The molecule has 0 aliphatic heterocycles. The maximum Gasteiger partial charge on any atom is 0.164 e. The van der Waals surface area contributed by atoms with E-state index < -0.39 is 0 Å². The molecule has 58 heavy (non-hydrogen) atoms. The lowest BCUT2D eigenvalue weighted by molar-refractivity contribution is 0.670. The molecule has 0 saturated heterocycles. The zero-order valence-corrected chi connectivity index (χ0v) is 31.2. The second kappa shape index (κ2) is 12.8. The summed E-state index contributed by atoms with van der Waals surface area (Å²) in [5, 5.41) is 9.04. The van der Waals surface area contributed by atoms with Crippen molar-refractivity contribution in [3.05, 3.63) is 194 Å². The van der Waals surface area contributed by atoms with E-state index >= 15 is 0 Å². The Bertz CT molecular complexity index is 3570. The summed E-state index contributed by atoms with van der Waals surface area (Å²) in [7, 11) is 0. The molecule has 0 fully saturated rings. The van der Waals surface area contributed by atoms with Crippen LogP contribution in [0.5, 0.6) is 0 Å². The fourth-order valence-electron chi connectivity index (χ4n) is 8.71. The van der Waals surface area contributed by atoms with Crippen LogP contribution in [0.25, 0.3) is 116 Å². The molecule has 0 atom stereocenters. The molecular formula is C53H32N4O. The maximum atomic E-state index is 7.03. The third-order valence-electron chi connectivity index (χ3n) is 11.4. The first-order valence-electron chi connectivity index (χ1n) is 19.5. The van der Waals surface area contributed by atoms with Gasteiger partial charge in [0.25, 0.3) is 0 Å². The van der Waals surface area contributed by atoms with Gasteiger partial charge < -0.3 is 8.98 Å². The smallest absolute Gasteiger partial charge is 0.164 e. The van der Waals surface area contributed by atoms with Crippen LogP contribution in [-0.4, -0.2) is 19.5 Å². The number of benzene rings is 9. The van der Waals surface area contributed by atoms with Gasteiger partial charge in [0.05, 0.1) is 22.1 Å². The van der Waals surface area contributed by atoms with Crippen molar-refractivity contribution < 1.29 is 4.42 Å². The van der Waals surface area contributed by atoms with Crippen molar-refractivity contribution in [2.75, 3.05) is 0 Å². The monoisotopic (exact) mass is 740 g/mol. The molecule has 3 heterocycles. The maximum absolute atomic E-state index is 7.03. The second-order valence-electron chi connectivity index (χ2n) is 14.8. The van der Waals surface area contributed by atoms with Gasteiger partial charge >= 0.3 is 0 Å². The Hall–Kier alpha value is -7.89. The van der Waals surface area contributed by atoms with E-state index in [1.54, 1.807) is 0 Å². The molecule has 0 aliphatic rings. The van der Waals surface area contributed by atoms with Crippen molar-refractivity contribution in [2.45, 2.75) is 0 Å². The van der Waals surface area contributed by atoms with Crippen LogP contribution < -0.4 is 0 Å². The highest BCUT2D eigenvalue weighted by Gasteiger charge is 2.24. The average Bonchev–Trinajstić information content (AvgIpc) is 3.84. The van der Waals surface area contributed by atoms with Gasteiger partial charge in [-0.3, -0.25) is 0 Å². The van der Waals surface area contributed by atoms with Crippen molar-refractivity contribution >= 4 is 65.3 Å². The van der Waals surface area contributed by atoms with Crippen LogP contribution in [0.2, 0.25) is 0 Å². The Morgan fingerprint density at radius 2 is 1.00 bits per heavy atom. The van der Waals surface area contributed by atoms with Crippen LogP contribution in [0.4, 0.5) is 0 Å². The summed E-state index contributed by atoms with van der Waals surface area (Å²) < 4.78 is 9.43. The molecule has 9 aromatic carbocycles. The molecule has 12 rings (SSSR count). The van der Waals surface area contributed by atoms with Gasteiger partial charge in [-0.2, -0.15) is 0 Å². The van der Waals surface area contributed by atoms with E-state index in [0.717, 1.165) is 71.9 Å². The van der Waals surface area contributed by atoms with E-state index in [1.165, 1.54) is 26.9 Å². The van der Waals surface area contributed by atoms with Crippen LogP contribution >= 0.6 is 0 Å². The zero-order chi connectivity index (χ0) is 38.2. The molecule has 0 aliphatic carbocycles. The second-order valence-corrected chi connectivity index (χ2v) is 14.8. The number of fused-ring (bicyclic) bond motifs is 8. The fourth-order valence-corrected chi connectivity index (χ4v) is 8.71. The summed E-state index contributed by atoms with van der Waals surface area (Å²) in [5.74, 6) is 1.80. The minimum atomic E-state index is 0.578. The lowest BCUT2D eigenvalue weighted by atomic mass is 9.98. The van der Waals surface area contributed by atoms with Crippen molar-refractivity contribution in [2.24, 2.45) is 0 Å². The van der Waals surface area contributed by atoms with Gasteiger partial charge in [0.2, 0.25) is 0 Å². The van der Waals surface area contributed by atoms with E-state index in [0.29, 0.717) is 17.5 Å². The summed E-state index contributed by atoms with van der Waals surface area (Å²) in [5.41, 5.74) is 9.66. The molecule has 3 aromatic heterocycles. The molecule has 5 heteroatoms. The van der Waals surface area contributed by atoms with Crippen LogP contribution in [0.15, 0.2) is 199 Å². The number of para-hydroxylation sites is 1. The lowest BCUT2D eigenvalue weighted by Crippen LogP contribution is -2.01. The first kappa shape index (κ1) is 32.4. The molecule has 0 radical (unpaired) electrons. The molecule has 5 nitrogen and oxygen atoms in total. The summed E-state index contributed by atoms with van der Waals surface area (Å²) in [6, 6.07) is 68.0. The molecule has 270 valence electrons. The minimum absolute atomic E-state index is 0.578. The predicted octanol–water partition coefficient (Wildman–Crippen LogP) is 13.8. The van der Waals surface area contributed by atoms with E-state index in [9.17, 15) is 0 Å². The number of rotatable bonds is 5. The van der Waals surface area contributed by atoms with Crippen molar-refractivity contribution in [1.82, 2.24) is 19.5 Å². The number of hydrogen-bond acceptors (Lipinski definition) is 4. The van der Waals surface area contributed by atoms with Crippen molar-refractivity contribution in [3.8, 4) is 51.0 Å². The van der Waals surface area contributed by atoms with E-state index in [4.69, 9.17) is 19.4 Å². The summed E-state index contributed by atoms with van der Waals surface area (Å²) in [4.78, 5) is 15.6. The van der Waals surface area contributed by atoms with E-state index in [2.05, 4.69) is 156 Å². The Balaban J connectivity index is 1.20. The van der Waals surface area contributed by atoms with Crippen LogP contribution in [0.1, 0.15) is 0 Å². The number of hydrogen-bond donors (Lipinski definition) is 0. The van der Waals surface area contributed by atoms with E-state index in [1.807, 2.05) is 42.5 Å². The number of nitrogens with zero attached hydrogens (tertiary/aromatic N) is 4. The molecule has 0 bridgehead atoms. The van der Waals surface area contributed by atoms with Gasteiger partial charge in [-0.05, 0) is 69.6 Å². The summed E-state index contributed by atoms with van der Waals surface area (Å²) in [6.45, 7) is 0.